The van der Waals surface area contributed by atoms with Crippen LogP contribution in [0.2, 0.25) is 0 Å². The first kappa shape index (κ1) is 14.5. The molecule has 0 rings (SSSR count). The van der Waals surface area contributed by atoms with Crippen LogP contribution in [0.5, 0.6) is 0 Å². The fourth-order valence-electron chi connectivity index (χ4n) is 1.27. The van der Waals surface area contributed by atoms with Crippen molar-refractivity contribution in [1.82, 2.24) is 5.32 Å². The number of Topliss-reactive ketones (excluding diaryl/α,β-unsaturated/α-hetero) is 1. The Bertz CT molecular complexity index is 233. The molecule has 0 fully saturated rings. The predicted octanol–water partition coefficient (Wildman–Crippen LogP) is 1.86. The van der Waals surface area contributed by atoms with Crippen LogP contribution in [0.1, 0.15) is 34.1 Å². The number of rotatable bonds is 5. The van der Waals surface area contributed by atoms with Crippen molar-refractivity contribution >= 4 is 23.5 Å². The number of ketones is 1. The molecule has 0 spiro atoms. The van der Waals surface area contributed by atoms with Gasteiger partial charge in [0.2, 0.25) is 5.91 Å². The lowest BCUT2D eigenvalue weighted by Crippen LogP contribution is -2.45. The third-order valence-corrected chi connectivity index (χ3v) is 2.69. The molecule has 3 nitrogen and oxygen atoms in total. The summed E-state index contributed by atoms with van der Waals surface area (Å²) in [6, 6.07) is -0.338. The van der Waals surface area contributed by atoms with Gasteiger partial charge in [0.1, 0.15) is 0 Å². The third kappa shape index (κ3) is 5.82. The zero-order valence-electron chi connectivity index (χ0n) is 10.2. The molecule has 1 unspecified atom stereocenters. The number of carbonyl (C=O) groups excluding carboxylic acids is 2. The van der Waals surface area contributed by atoms with E-state index in [-0.39, 0.29) is 17.7 Å². The molecule has 15 heavy (non-hydrogen) atoms. The van der Waals surface area contributed by atoms with Crippen LogP contribution in [0.3, 0.4) is 0 Å². The highest BCUT2D eigenvalue weighted by Gasteiger charge is 2.29. The number of nitrogens with one attached hydrogen (secondary N) is 1. The summed E-state index contributed by atoms with van der Waals surface area (Å²) in [6.45, 7) is 7.08. The minimum absolute atomic E-state index is 0.103. The third-order valence-electron chi connectivity index (χ3n) is 2.04. The van der Waals surface area contributed by atoms with E-state index in [0.29, 0.717) is 6.42 Å². The number of carbonyl (C=O) groups is 2. The summed E-state index contributed by atoms with van der Waals surface area (Å²) in [5, 5.41) is 2.72. The average Bonchev–Trinajstić information content (AvgIpc) is 2.09. The number of hydrogen-bond acceptors (Lipinski definition) is 3. The van der Waals surface area contributed by atoms with Crippen molar-refractivity contribution in [2.75, 3.05) is 12.0 Å². The van der Waals surface area contributed by atoms with Crippen molar-refractivity contribution < 1.29 is 9.59 Å². The Hall–Kier alpha value is -0.510. The standard InChI is InChI=1S/C11H21NO2S/c1-8(13)12-9(6-7-15-5)10(14)11(2,3)4/h9H,6-7H2,1-5H3,(H,12,13). The summed E-state index contributed by atoms with van der Waals surface area (Å²) >= 11 is 1.68. The molecule has 0 aliphatic carbocycles. The van der Waals surface area contributed by atoms with Gasteiger partial charge in [-0.3, -0.25) is 9.59 Å². The van der Waals surface area contributed by atoms with Crippen molar-refractivity contribution in [3.8, 4) is 0 Å². The second-order valence-electron chi connectivity index (χ2n) is 4.65. The largest absolute Gasteiger partial charge is 0.346 e. The van der Waals surface area contributed by atoms with Gasteiger partial charge in [-0.1, -0.05) is 20.8 Å². The van der Waals surface area contributed by atoms with Crippen LogP contribution >= 0.6 is 11.8 Å². The Labute approximate surface area is 96.4 Å². The van der Waals surface area contributed by atoms with Crippen molar-refractivity contribution in [2.24, 2.45) is 5.41 Å². The number of amides is 1. The zero-order chi connectivity index (χ0) is 12.1. The molecule has 1 amide bonds. The molecule has 0 saturated heterocycles. The topological polar surface area (TPSA) is 46.2 Å². The van der Waals surface area contributed by atoms with E-state index in [1.807, 2.05) is 27.0 Å². The molecule has 0 aliphatic heterocycles. The molecule has 88 valence electrons. The summed E-state index contributed by atoms with van der Waals surface area (Å²) in [7, 11) is 0. The SMILES string of the molecule is CSCCC(NC(C)=O)C(=O)C(C)(C)C. The highest BCUT2D eigenvalue weighted by atomic mass is 32.2. The van der Waals surface area contributed by atoms with Gasteiger partial charge >= 0.3 is 0 Å². The van der Waals surface area contributed by atoms with E-state index in [4.69, 9.17) is 0 Å². The van der Waals surface area contributed by atoms with Crippen molar-refractivity contribution in [3.05, 3.63) is 0 Å². The molecule has 0 aromatic heterocycles. The first-order chi connectivity index (χ1) is 6.79. The molecule has 0 radical (unpaired) electrons. The summed E-state index contributed by atoms with van der Waals surface area (Å²) < 4.78 is 0. The maximum atomic E-state index is 12.0. The summed E-state index contributed by atoms with van der Waals surface area (Å²) in [5.41, 5.74) is -0.397. The average molecular weight is 231 g/mol. The predicted molar refractivity (Wildman–Crippen MR) is 65.1 cm³/mol. The van der Waals surface area contributed by atoms with Gasteiger partial charge in [-0.15, -0.1) is 0 Å². The molecular weight excluding hydrogens is 210 g/mol. The van der Waals surface area contributed by atoms with Crippen molar-refractivity contribution in [3.63, 3.8) is 0 Å². The van der Waals surface area contributed by atoms with Gasteiger partial charge < -0.3 is 5.32 Å². The lowest BCUT2D eigenvalue weighted by atomic mass is 9.85. The zero-order valence-corrected chi connectivity index (χ0v) is 11.0. The van der Waals surface area contributed by atoms with Crippen LogP contribution in [0.4, 0.5) is 0 Å². The Morgan fingerprint density at radius 3 is 2.20 bits per heavy atom. The lowest BCUT2D eigenvalue weighted by molar-refractivity contribution is -0.131. The monoisotopic (exact) mass is 231 g/mol. The molecule has 1 N–H and O–H groups in total. The number of thioether (sulfide) groups is 1. The second kappa shape index (κ2) is 6.16. The molecule has 0 aromatic carbocycles. The fraction of sp³-hybridized carbons (Fsp3) is 0.818. The minimum atomic E-state index is -0.397. The summed E-state index contributed by atoms with van der Waals surface area (Å²) in [5.74, 6) is 0.845. The summed E-state index contributed by atoms with van der Waals surface area (Å²) in [6.07, 6.45) is 2.70. The lowest BCUT2D eigenvalue weighted by Gasteiger charge is -2.24. The molecule has 0 aliphatic rings. The van der Waals surface area contributed by atoms with Gasteiger partial charge in [0.15, 0.2) is 5.78 Å². The summed E-state index contributed by atoms with van der Waals surface area (Å²) in [4.78, 5) is 23.0. The van der Waals surface area contributed by atoms with E-state index in [1.54, 1.807) is 11.8 Å². The normalized spacial score (nSPS) is 13.4. The molecule has 0 bridgehead atoms. The number of hydrogen-bond donors (Lipinski definition) is 1. The fourth-order valence-corrected chi connectivity index (χ4v) is 1.74. The van der Waals surface area contributed by atoms with Crippen LogP contribution in [-0.2, 0) is 9.59 Å². The first-order valence-corrected chi connectivity index (χ1v) is 6.48. The molecule has 0 saturated carbocycles. The van der Waals surface area contributed by atoms with Gasteiger partial charge in [-0.25, -0.2) is 0 Å². The molecule has 4 heteroatoms. The van der Waals surface area contributed by atoms with Gasteiger partial charge in [-0.2, -0.15) is 11.8 Å². The van der Waals surface area contributed by atoms with E-state index < -0.39 is 5.41 Å². The smallest absolute Gasteiger partial charge is 0.217 e. The molecule has 0 aromatic rings. The van der Waals surface area contributed by atoms with E-state index in [9.17, 15) is 9.59 Å². The Balaban J connectivity index is 4.47. The maximum Gasteiger partial charge on any atom is 0.217 e. The highest BCUT2D eigenvalue weighted by molar-refractivity contribution is 7.98. The Morgan fingerprint density at radius 2 is 1.87 bits per heavy atom. The molecule has 0 heterocycles. The van der Waals surface area contributed by atoms with Crippen LogP contribution < -0.4 is 5.32 Å². The van der Waals surface area contributed by atoms with Gasteiger partial charge in [-0.05, 0) is 18.4 Å². The Kier molecular flexibility index (Phi) is 5.95. The van der Waals surface area contributed by atoms with E-state index in [1.165, 1.54) is 6.92 Å². The molecule has 1 atom stereocenters. The van der Waals surface area contributed by atoms with Crippen LogP contribution in [0.15, 0.2) is 0 Å². The maximum absolute atomic E-state index is 12.0. The van der Waals surface area contributed by atoms with Crippen molar-refractivity contribution in [2.45, 2.75) is 40.2 Å². The van der Waals surface area contributed by atoms with Crippen molar-refractivity contribution in [1.29, 1.82) is 0 Å². The minimum Gasteiger partial charge on any atom is -0.346 e. The molecular formula is C11H21NO2S. The van der Waals surface area contributed by atoms with Gasteiger partial charge in [0.25, 0.3) is 0 Å². The van der Waals surface area contributed by atoms with E-state index in [2.05, 4.69) is 5.32 Å². The highest BCUT2D eigenvalue weighted by Crippen LogP contribution is 2.19. The van der Waals surface area contributed by atoms with Crippen LogP contribution in [-0.4, -0.2) is 29.7 Å². The van der Waals surface area contributed by atoms with Gasteiger partial charge in [0.05, 0.1) is 6.04 Å². The van der Waals surface area contributed by atoms with E-state index >= 15 is 0 Å². The van der Waals surface area contributed by atoms with Crippen LogP contribution in [0, 0.1) is 5.41 Å². The quantitative estimate of drug-likeness (QED) is 0.785. The van der Waals surface area contributed by atoms with Crippen LogP contribution in [0.25, 0.3) is 0 Å². The van der Waals surface area contributed by atoms with Gasteiger partial charge in [0, 0.05) is 12.3 Å². The first-order valence-electron chi connectivity index (χ1n) is 5.09. The van der Waals surface area contributed by atoms with E-state index in [0.717, 1.165) is 5.75 Å². The Morgan fingerprint density at radius 1 is 1.33 bits per heavy atom. The second-order valence-corrected chi connectivity index (χ2v) is 5.63.